The zero-order valence-corrected chi connectivity index (χ0v) is 7.41. The third-order valence-electron chi connectivity index (χ3n) is 1.48. The van der Waals surface area contributed by atoms with Gasteiger partial charge in [-0.3, -0.25) is 4.98 Å². The third kappa shape index (κ3) is 2.60. The summed E-state index contributed by atoms with van der Waals surface area (Å²) in [5, 5.41) is 0. The highest BCUT2D eigenvalue weighted by Crippen LogP contribution is 2.03. The summed E-state index contributed by atoms with van der Waals surface area (Å²) in [6, 6.07) is 3.91. The van der Waals surface area contributed by atoms with Crippen LogP contribution in [0.2, 0.25) is 0 Å². The SMILES string of the molecule is COCc1ccnc(COC)c1. The highest BCUT2D eigenvalue weighted by Gasteiger charge is 1.95. The second-order valence-electron chi connectivity index (χ2n) is 2.52. The molecule has 1 aromatic heterocycles. The van der Waals surface area contributed by atoms with Crippen LogP contribution in [0, 0.1) is 0 Å². The van der Waals surface area contributed by atoms with E-state index in [0.717, 1.165) is 11.3 Å². The number of hydrogen-bond donors (Lipinski definition) is 0. The molecule has 0 amide bonds. The van der Waals surface area contributed by atoms with Crippen molar-refractivity contribution in [2.75, 3.05) is 14.2 Å². The van der Waals surface area contributed by atoms with E-state index in [1.807, 2.05) is 12.1 Å². The van der Waals surface area contributed by atoms with Gasteiger partial charge in [-0.15, -0.1) is 0 Å². The van der Waals surface area contributed by atoms with E-state index in [2.05, 4.69) is 4.98 Å². The topological polar surface area (TPSA) is 31.4 Å². The zero-order valence-electron chi connectivity index (χ0n) is 7.41. The van der Waals surface area contributed by atoms with Gasteiger partial charge >= 0.3 is 0 Å². The number of rotatable bonds is 4. The van der Waals surface area contributed by atoms with Crippen molar-refractivity contribution in [1.82, 2.24) is 4.98 Å². The molecular weight excluding hydrogens is 154 g/mol. The zero-order chi connectivity index (χ0) is 8.81. The molecule has 1 aromatic rings. The van der Waals surface area contributed by atoms with Crippen molar-refractivity contribution in [3.63, 3.8) is 0 Å². The van der Waals surface area contributed by atoms with Crippen molar-refractivity contribution in [2.45, 2.75) is 13.2 Å². The van der Waals surface area contributed by atoms with Gasteiger partial charge in [0, 0.05) is 20.4 Å². The number of pyridine rings is 1. The molecule has 0 aliphatic heterocycles. The highest BCUT2D eigenvalue weighted by molar-refractivity contribution is 5.14. The quantitative estimate of drug-likeness (QED) is 0.678. The Kier molecular flexibility index (Phi) is 3.70. The number of nitrogens with zero attached hydrogens (tertiary/aromatic N) is 1. The minimum atomic E-state index is 0.553. The number of hydrogen-bond acceptors (Lipinski definition) is 3. The predicted octanol–water partition coefficient (Wildman–Crippen LogP) is 1.37. The molecule has 0 atom stereocenters. The molecule has 66 valence electrons. The van der Waals surface area contributed by atoms with Gasteiger partial charge in [-0.25, -0.2) is 0 Å². The molecule has 0 saturated carbocycles. The fraction of sp³-hybridized carbons (Fsp3) is 0.444. The van der Waals surface area contributed by atoms with E-state index in [0.29, 0.717) is 13.2 Å². The maximum absolute atomic E-state index is 4.99. The molecule has 0 fully saturated rings. The second kappa shape index (κ2) is 4.85. The minimum Gasteiger partial charge on any atom is -0.380 e. The van der Waals surface area contributed by atoms with Gasteiger partial charge in [-0.05, 0) is 17.7 Å². The molecule has 12 heavy (non-hydrogen) atoms. The third-order valence-corrected chi connectivity index (χ3v) is 1.48. The maximum Gasteiger partial charge on any atom is 0.0884 e. The first-order valence-corrected chi connectivity index (χ1v) is 3.78. The monoisotopic (exact) mass is 167 g/mol. The van der Waals surface area contributed by atoms with Crippen molar-refractivity contribution < 1.29 is 9.47 Å². The summed E-state index contributed by atoms with van der Waals surface area (Å²) in [5.74, 6) is 0. The summed E-state index contributed by atoms with van der Waals surface area (Å²) in [5.41, 5.74) is 2.06. The Bertz CT molecular complexity index is 216. The van der Waals surface area contributed by atoms with E-state index in [1.54, 1.807) is 20.4 Å². The molecule has 0 aliphatic carbocycles. The summed E-state index contributed by atoms with van der Waals surface area (Å²) < 4.78 is 9.95. The van der Waals surface area contributed by atoms with Crippen LogP contribution < -0.4 is 0 Å². The molecule has 0 spiro atoms. The highest BCUT2D eigenvalue weighted by atomic mass is 16.5. The average molecular weight is 167 g/mol. The molecule has 0 radical (unpaired) electrons. The molecular formula is C9H13NO2. The fourth-order valence-electron chi connectivity index (χ4n) is 1.01. The van der Waals surface area contributed by atoms with Crippen LogP contribution in [0.5, 0.6) is 0 Å². The Morgan fingerprint density at radius 2 is 2.00 bits per heavy atom. The van der Waals surface area contributed by atoms with E-state index in [-0.39, 0.29) is 0 Å². The molecule has 1 heterocycles. The summed E-state index contributed by atoms with van der Waals surface area (Å²) in [6.07, 6.45) is 1.77. The Balaban J connectivity index is 2.67. The lowest BCUT2D eigenvalue weighted by molar-refractivity contribution is 0.177. The summed E-state index contributed by atoms with van der Waals surface area (Å²) in [7, 11) is 3.33. The van der Waals surface area contributed by atoms with Gasteiger partial charge in [-0.1, -0.05) is 0 Å². The van der Waals surface area contributed by atoms with Crippen LogP contribution in [0.4, 0.5) is 0 Å². The van der Waals surface area contributed by atoms with Crippen LogP contribution in [0.1, 0.15) is 11.3 Å². The van der Waals surface area contributed by atoms with Crippen LogP contribution >= 0.6 is 0 Å². The predicted molar refractivity (Wildman–Crippen MR) is 45.7 cm³/mol. The van der Waals surface area contributed by atoms with Crippen molar-refractivity contribution in [1.29, 1.82) is 0 Å². The lowest BCUT2D eigenvalue weighted by Gasteiger charge is -2.01. The molecule has 1 rings (SSSR count). The van der Waals surface area contributed by atoms with Crippen LogP contribution in [0.25, 0.3) is 0 Å². The van der Waals surface area contributed by atoms with Gasteiger partial charge in [0.15, 0.2) is 0 Å². The summed E-state index contributed by atoms with van der Waals surface area (Å²) in [6.45, 7) is 1.18. The Labute approximate surface area is 72.3 Å². The standard InChI is InChI=1S/C9H13NO2/c1-11-6-8-3-4-10-9(5-8)7-12-2/h3-5H,6-7H2,1-2H3. The van der Waals surface area contributed by atoms with Gasteiger partial charge < -0.3 is 9.47 Å². The fourth-order valence-corrected chi connectivity index (χ4v) is 1.01. The molecule has 3 nitrogen and oxygen atoms in total. The Morgan fingerprint density at radius 1 is 1.25 bits per heavy atom. The molecule has 0 N–H and O–H groups in total. The van der Waals surface area contributed by atoms with Crippen molar-refractivity contribution >= 4 is 0 Å². The van der Waals surface area contributed by atoms with E-state index in [9.17, 15) is 0 Å². The van der Waals surface area contributed by atoms with Gasteiger partial charge in [0.1, 0.15) is 0 Å². The smallest absolute Gasteiger partial charge is 0.0884 e. The van der Waals surface area contributed by atoms with E-state index in [4.69, 9.17) is 9.47 Å². The van der Waals surface area contributed by atoms with Crippen molar-refractivity contribution in [3.8, 4) is 0 Å². The first-order valence-electron chi connectivity index (χ1n) is 3.78. The first kappa shape index (κ1) is 9.16. The van der Waals surface area contributed by atoms with Gasteiger partial charge in [-0.2, -0.15) is 0 Å². The lowest BCUT2D eigenvalue weighted by Crippen LogP contribution is -1.95. The van der Waals surface area contributed by atoms with Gasteiger partial charge in [0.2, 0.25) is 0 Å². The van der Waals surface area contributed by atoms with E-state index < -0.39 is 0 Å². The second-order valence-corrected chi connectivity index (χ2v) is 2.52. The lowest BCUT2D eigenvalue weighted by atomic mass is 10.2. The van der Waals surface area contributed by atoms with Gasteiger partial charge in [0.25, 0.3) is 0 Å². The van der Waals surface area contributed by atoms with E-state index >= 15 is 0 Å². The molecule has 0 aromatic carbocycles. The van der Waals surface area contributed by atoms with Gasteiger partial charge in [0.05, 0.1) is 18.9 Å². The van der Waals surface area contributed by atoms with Crippen molar-refractivity contribution in [3.05, 3.63) is 29.6 Å². The Morgan fingerprint density at radius 3 is 2.67 bits per heavy atom. The summed E-state index contributed by atoms with van der Waals surface area (Å²) in [4.78, 5) is 4.13. The number of methoxy groups -OCH3 is 2. The maximum atomic E-state index is 4.99. The van der Waals surface area contributed by atoms with Crippen LogP contribution in [-0.2, 0) is 22.7 Å². The first-order chi connectivity index (χ1) is 5.86. The summed E-state index contributed by atoms with van der Waals surface area (Å²) >= 11 is 0. The normalized spacial score (nSPS) is 10.2. The van der Waals surface area contributed by atoms with Crippen LogP contribution in [-0.4, -0.2) is 19.2 Å². The largest absolute Gasteiger partial charge is 0.380 e. The Hall–Kier alpha value is -0.930. The van der Waals surface area contributed by atoms with Crippen LogP contribution in [0.15, 0.2) is 18.3 Å². The van der Waals surface area contributed by atoms with Crippen molar-refractivity contribution in [2.24, 2.45) is 0 Å². The molecule has 0 aliphatic rings. The van der Waals surface area contributed by atoms with E-state index in [1.165, 1.54) is 0 Å². The number of aromatic nitrogens is 1. The molecule has 0 unspecified atom stereocenters. The van der Waals surface area contributed by atoms with Crippen LogP contribution in [0.3, 0.4) is 0 Å². The molecule has 0 bridgehead atoms. The molecule has 3 heteroatoms. The minimum absolute atomic E-state index is 0.553. The average Bonchev–Trinajstić information content (AvgIpc) is 2.06. The molecule has 0 saturated heterocycles. The number of ether oxygens (including phenoxy) is 2.